The van der Waals surface area contributed by atoms with Crippen LogP contribution in [0.5, 0.6) is 0 Å². The molecule has 0 saturated heterocycles. The number of rotatable bonds is 7. The van der Waals surface area contributed by atoms with Crippen LogP contribution < -0.4 is 5.32 Å². The van der Waals surface area contributed by atoms with Crippen LogP contribution in [-0.2, 0) is 17.9 Å². The molecule has 3 rings (SSSR count). The lowest BCUT2D eigenvalue weighted by Gasteiger charge is -2.11. The molecular weight excluding hydrogens is 354 g/mol. The Morgan fingerprint density at radius 3 is 2.84 bits per heavy atom. The standard InChI is InChI=1S/C17H19N5OS2/c1-12-5-7-14(8-6-12)10-18-16(23)13(2)25-17-19-20-21-22(17)11-15-4-3-9-24-15/h3-9,13H,10-11H2,1-2H3,(H,18,23). The summed E-state index contributed by atoms with van der Waals surface area (Å²) in [4.78, 5) is 13.5. The van der Waals surface area contributed by atoms with Crippen LogP contribution in [0.25, 0.3) is 0 Å². The number of tetrazole rings is 1. The molecule has 0 aliphatic rings. The maximum Gasteiger partial charge on any atom is 0.233 e. The first kappa shape index (κ1) is 17.6. The Kier molecular flexibility index (Phi) is 5.83. The van der Waals surface area contributed by atoms with Gasteiger partial charge in [-0.15, -0.1) is 16.4 Å². The van der Waals surface area contributed by atoms with Gasteiger partial charge < -0.3 is 5.32 Å². The molecule has 0 fully saturated rings. The highest BCUT2D eigenvalue weighted by Crippen LogP contribution is 2.22. The third kappa shape index (κ3) is 4.90. The van der Waals surface area contributed by atoms with Gasteiger partial charge in [-0.1, -0.05) is 47.7 Å². The van der Waals surface area contributed by atoms with Crippen LogP contribution in [0.3, 0.4) is 0 Å². The highest BCUT2D eigenvalue weighted by Gasteiger charge is 2.18. The summed E-state index contributed by atoms with van der Waals surface area (Å²) in [6, 6.07) is 12.2. The number of carbonyl (C=O) groups excluding carboxylic acids is 1. The highest BCUT2D eigenvalue weighted by atomic mass is 32.2. The molecule has 0 aliphatic heterocycles. The average Bonchev–Trinajstić information content (AvgIpc) is 3.27. The van der Waals surface area contributed by atoms with E-state index in [-0.39, 0.29) is 11.2 Å². The van der Waals surface area contributed by atoms with Gasteiger partial charge in [-0.05, 0) is 41.3 Å². The molecule has 8 heteroatoms. The molecule has 6 nitrogen and oxygen atoms in total. The third-order valence-corrected chi connectivity index (χ3v) is 5.56. The summed E-state index contributed by atoms with van der Waals surface area (Å²) in [6.07, 6.45) is 0. The summed E-state index contributed by atoms with van der Waals surface area (Å²) < 4.78 is 1.72. The predicted molar refractivity (Wildman–Crippen MR) is 99.6 cm³/mol. The molecule has 0 radical (unpaired) electrons. The van der Waals surface area contributed by atoms with Crippen LogP contribution in [0.4, 0.5) is 0 Å². The van der Waals surface area contributed by atoms with Crippen molar-refractivity contribution in [3.63, 3.8) is 0 Å². The number of thiophene rings is 1. The molecule has 2 aromatic heterocycles. The monoisotopic (exact) mass is 373 g/mol. The Morgan fingerprint density at radius 2 is 2.12 bits per heavy atom. The first-order valence-electron chi connectivity index (χ1n) is 7.90. The molecule has 1 amide bonds. The number of thioether (sulfide) groups is 1. The predicted octanol–water partition coefficient (Wildman–Crippen LogP) is 2.89. The number of hydrogen-bond acceptors (Lipinski definition) is 6. The second kappa shape index (κ2) is 8.26. The number of hydrogen-bond donors (Lipinski definition) is 1. The molecule has 2 heterocycles. The molecular formula is C17H19N5OS2. The van der Waals surface area contributed by atoms with Gasteiger partial charge in [-0.2, -0.15) is 0 Å². The van der Waals surface area contributed by atoms with E-state index in [0.29, 0.717) is 18.2 Å². The molecule has 130 valence electrons. The first-order chi connectivity index (χ1) is 12.1. The molecule has 25 heavy (non-hydrogen) atoms. The van der Waals surface area contributed by atoms with Crippen molar-refractivity contribution >= 4 is 29.0 Å². The first-order valence-corrected chi connectivity index (χ1v) is 9.66. The van der Waals surface area contributed by atoms with Crippen LogP contribution in [0.1, 0.15) is 22.9 Å². The van der Waals surface area contributed by atoms with Gasteiger partial charge >= 0.3 is 0 Å². The Hall–Kier alpha value is -2.19. The van der Waals surface area contributed by atoms with Gasteiger partial charge in [0.15, 0.2) is 0 Å². The smallest absolute Gasteiger partial charge is 0.233 e. The SMILES string of the molecule is Cc1ccc(CNC(=O)C(C)Sc2nnnn2Cc2cccs2)cc1. The molecule has 0 saturated carbocycles. The molecule has 3 aromatic rings. The fraction of sp³-hybridized carbons (Fsp3) is 0.294. The van der Waals surface area contributed by atoms with Crippen LogP contribution in [-0.4, -0.2) is 31.4 Å². The zero-order valence-electron chi connectivity index (χ0n) is 14.0. The van der Waals surface area contributed by atoms with E-state index in [1.807, 2.05) is 55.6 Å². The van der Waals surface area contributed by atoms with Gasteiger partial charge in [0.25, 0.3) is 0 Å². The van der Waals surface area contributed by atoms with E-state index in [2.05, 4.69) is 20.8 Å². The summed E-state index contributed by atoms with van der Waals surface area (Å²) in [5.74, 6) is -0.0313. The van der Waals surface area contributed by atoms with Crippen molar-refractivity contribution in [3.05, 3.63) is 57.8 Å². The van der Waals surface area contributed by atoms with Gasteiger partial charge in [-0.25, -0.2) is 4.68 Å². The van der Waals surface area contributed by atoms with E-state index in [0.717, 1.165) is 5.56 Å². The molecule has 1 atom stereocenters. The lowest BCUT2D eigenvalue weighted by molar-refractivity contribution is -0.120. The van der Waals surface area contributed by atoms with E-state index in [1.165, 1.54) is 22.2 Å². The van der Waals surface area contributed by atoms with Gasteiger partial charge in [-0.3, -0.25) is 4.79 Å². The Balaban J connectivity index is 1.54. The number of aromatic nitrogens is 4. The Morgan fingerprint density at radius 1 is 1.32 bits per heavy atom. The van der Waals surface area contributed by atoms with Gasteiger partial charge in [0.05, 0.1) is 11.8 Å². The fourth-order valence-electron chi connectivity index (χ4n) is 2.18. The Bertz CT molecular complexity index is 814. The zero-order valence-corrected chi connectivity index (χ0v) is 15.7. The molecule has 0 spiro atoms. The quantitative estimate of drug-likeness (QED) is 0.645. The van der Waals surface area contributed by atoms with Crippen molar-refractivity contribution in [2.45, 2.75) is 37.3 Å². The van der Waals surface area contributed by atoms with Crippen molar-refractivity contribution in [1.29, 1.82) is 0 Å². The van der Waals surface area contributed by atoms with Crippen molar-refractivity contribution in [3.8, 4) is 0 Å². The maximum atomic E-state index is 12.3. The summed E-state index contributed by atoms with van der Waals surface area (Å²) >= 11 is 3.02. The third-order valence-electron chi connectivity index (χ3n) is 3.62. The maximum absolute atomic E-state index is 12.3. The molecule has 1 N–H and O–H groups in total. The number of nitrogens with one attached hydrogen (secondary N) is 1. The highest BCUT2D eigenvalue weighted by molar-refractivity contribution is 8.00. The van der Waals surface area contributed by atoms with Gasteiger partial charge in [0.2, 0.25) is 11.1 Å². The van der Waals surface area contributed by atoms with E-state index in [1.54, 1.807) is 16.0 Å². The van der Waals surface area contributed by atoms with Crippen LogP contribution in [0, 0.1) is 6.92 Å². The van der Waals surface area contributed by atoms with E-state index in [4.69, 9.17) is 0 Å². The molecule has 1 unspecified atom stereocenters. The second-order valence-electron chi connectivity index (χ2n) is 5.66. The summed E-state index contributed by atoms with van der Waals surface area (Å²) in [6.45, 7) is 5.04. The van der Waals surface area contributed by atoms with Crippen molar-refractivity contribution in [1.82, 2.24) is 25.5 Å². The van der Waals surface area contributed by atoms with E-state index < -0.39 is 0 Å². The fourth-order valence-corrected chi connectivity index (χ4v) is 3.68. The number of benzene rings is 1. The van der Waals surface area contributed by atoms with E-state index in [9.17, 15) is 4.79 Å². The second-order valence-corrected chi connectivity index (χ2v) is 8.00. The van der Waals surface area contributed by atoms with Crippen molar-refractivity contribution < 1.29 is 4.79 Å². The number of aryl methyl sites for hydroxylation is 1. The minimum Gasteiger partial charge on any atom is -0.351 e. The van der Waals surface area contributed by atoms with Crippen LogP contribution in [0.2, 0.25) is 0 Å². The molecule has 0 bridgehead atoms. The summed E-state index contributed by atoms with van der Waals surface area (Å²) in [7, 11) is 0. The minimum absolute atomic E-state index is 0.0313. The van der Waals surface area contributed by atoms with Crippen molar-refractivity contribution in [2.75, 3.05) is 0 Å². The van der Waals surface area contributed by atoms with E-state index >= 15 is 0 Å². The zero-order chi connectivity index (χ0) is 17.6. The topological polar surface area (TPSA) is 72.7 Å². The largest absolute Gasteiger partial charge is 0.351 e. The van der Waals surface area contributed by atoms with Crippen LogP contribution >= 0.6 is 23.1 Å². The lowest BCUT2D eigenvalue weighted by Crippen LogP contribution is -2.30. The van der Waals surface area contributed by atoms with Crippen molar-refractivity contribution in [2.24, 2.45) is 0 Å². The molecule has 0 aliphatic carbocycles. The lowest BCUT2D eigenvalue weighted by atomic mass is 10.1. The number of nitrogens with zero attached hydrogens (tertiary/aromatic N) is 4. The number of amides is 1. The summed E-state index contributed by atoms with van der Waals surface area (Å²) in [5, 5.41) is 17.1. The normalized spacial score (nSPS) is 12.1. The molecule has 1 aromatic carbocycles. The van der Waals surface area contributed by atoms with Gasteiger partial charge in [0.1, 0.15) is 0 Å². The average molecular weight is 374 g/mol. The number of carbonyl (C=O) groups is 1. The summed E-state index contributed by atoms with van der Waals surface area (Å²) in [5.41, 5.74) is 2.29. The van der Waals surface area contributed by atoms with Gasteiger partial charge in [0, 0.05) is 11.4 Å². The Labute approximate surface area is 154 Å². The van der Waals surface area contributed by atoms with Crippen LogP contribution in [0.15, 0.2) is 46.9 Å². The minimum atomic E-state index is -0.279.